The van der Waals surface area contributed by atoms with Crippen molar-refractivity contribution >= 4 is 76.5 Å². The minimum Gasteiger partial charge on any atom is -0.387 e. The maximum absolute atomic E-state index is 13.7. The normalized spacial score (nSPS) is 30.2. The van der Waals surface area contributed by atoms with Gasteiger partial charge in [0.2, 0.25) is 11.7 Å². The third kappa shape index (κ3) is 11.1. The van der Waals surface area contributed by atoms with Crippen LogP contribution in [-0.4, -0.2) is 177 Å². The van der Waals surface area contributed by atoms with Crippen LogP contribution < -0.4 is 27.2 Å². The molecule has 3 aliphatic heterocycles. The van der Waals surface area contributed by atoms with Gasteiger partial charge in [-0.3, -0.25) is 46.4 Å². The highest BCUT2D eigenvalue weighted by Gasteiger charge is 2.54. The molecule has 42 heteroatoms. The highest BCUT2D eigenvalue weighted by atomic mass is 31.3. The number of anilines is 2. The standard InChI is InChI=1S/C34H46N14O24P4/c1-12-41-27-17(29(52)42-12)40-10-47(27)31-20(50)19(49)13(67-31)5-64-73(54,55)70-23-15(69-33(24(23)63-4)46-9-39-16-25(35)37-8-38-26(16)46)7-66-75(58,59)72-76(60,61)71-74(56,57)65-6-14-22(62-3)21(51)32(68-14)48-11-45(2)18-28(48)43-34(36)44-30(18)53/h8-11,13-15,19-24,31-33,49-51H,5-7H2,1-4H3,(H9-,35,36,37,38,41,42,43,44,52,53,54,55,56,57,58,59,60,61)/p+1. The number of aliphatic hydroxyl groups is 3. The molecule has 0 spiro atoms. The van der Waals surface area contributed by atoms with E-state index < -0.39 is 136 Å². The number of fused-ring (bicyclic) bond motifs is 3. The number of hydrogen-bond donors (Lipinski definition) is 11. The molecule has 13 N–H and O–H groups in total. The maximum Gasteiger partial charge on any atom is 0.490 e. The van der Waals surface area contributed by atoms with E-state index in [1.807, 2.05) is 0 Å². The second kappa shape index (κ2) is 21.0. The molecule has 3 aliphatic rings. The van der Waals surface area contributed by atoms with E-state index in [9.17, 15) is 62.7 Å². The Morgan fingerprint density at radius 1 is 0.684 bits per heavy atom. The number of phosphoric acid groups is 4. The summed E-state index contributed by atoms with van der Waals surface area (Å²) in [6, 6.07) is 0. The molecule has 0 aliphatic carbocycles. The lowest BCUT2D eigenvalue weighted by atomic mass is 10.1. The lowest BCUT2D eigenvalue weighted by molar-refractivity contribution is -0.745. The number of nitrogens with two attached hydrogens (primary N) is 2. The number of H-pyrrole nitrogens is 2. The zero-order chi connectivity index (χ0) is 55.0. The van der Waals surface area contributed by atoms with Crippen LogP contribution in [0, 0.1) is 6.92 Å². The Hall–Kier alpha value is -4.95. The van der Waals surface area contributed by atoms with Crippen molar-refractivity contribution in [2.45, 2.75) is 80.5 Å². The number of aromatic amines is 2. The SMILES string of the molecule is COC1C(COP(=O)(O)OP(=O)(O)OP(=O)(O)OCC2OC(n3cnc4c(N)ncnc43)C(OC)C2OP(=O)(O)OCC2OC(n3cnc4c(=O)[nH]c(C)nc43)C(O)C2O)OC([n+]2cn(C)c3c(=O)[nH]c(N)nc32)C1O. The molecule has 16 atom stereocenters. The molecule has 0 saturated carbocycles. The number of imidazole rings is 3. The number of nitrogen functional groups attached to an aromatic ring is 2. The van der Waals surface area contributed by atoms with Gasteiger partial charge in [0, 0.05) is 14.2 Å². The summed E-state index contributed by atoms with van der Waals surface area (Å²) in [5.41, 5.74) is 10.3. The third-order valence-electron chi connectivity index (χ3n) is 11.9. The van der Waals surface area contributed by atoms with Crippen LogP contribution in [0.1, 0.15) is 24.5 Å². The molecular weight excluding hydrogens is 1110 g/mol. The van der Waals surface area contributed by atoms with Crippen molar-refractivity contribution in [2.75, 3.05) is 45.5 Å². The molecule has 6 aromatic heterocycles. The summed E-state index contributed by atoms with van der Waals surface area (Å²) < 4.78 is 115. The first-order chi connectivity index (χ1) is 35.7. The Morgan fingerprint density at radius 2 is 1.28 bits per heavy atom. The molecular formula is C34H47N14O24P4+. The third-order valence-corrected chi connectivity index (χ3v) is 17.1. The van der Waals surface area contributed by atoms with E-state index in [0.29, 0.717) is 0 Å². The van der Waals surface area contributed by atoms with Crippen LogP contribution in [0.2, 0.25) is 0 Å². The first kappa shape index (κ1) is 55.8. The van der Waals surface area contributed by atoms with Crippen LogP contribution in [0.15, 0.2) is 34.9 Å². The molecule has 0 bridgehead atoms. The Bertz CT molecular complexity index is 3490. The largest absolute Gasteiger partial charge is 0.490 e. The second-order valence-corrected chi connectivity index (χ2v) is 22.9. The van der Waals surface area contributed by atoms with E-state index in [2.05, 4.69) is 48.5 Å². The number of aryl methyl sites for hydroxylation is 2. The predicted molar refractivity (Wildman–Crippen MR) is 244 cm³/mol. The van der Waals surface area contributed by atoms with E-state index >= 15 is 0 Å². The van der Waals surface area contributed by atoms with Crippen molar-refractivity contribution in [1.82, 2.24) is 53.6 Å². The van der Waals surface area contributed by atoms with Gasteiger partial charge < -0.3 is 75.0 Å². The predicted octanol–water partition coefficient (Wildman–Crippen LogP) is -3.33. The number of methoxy groups -OCH3 is 2. The lowest BCUT2D eigenvalue weighted by Crippen LogP contribution is -2.46. The minimum atomic E-state index is -6.17. The number of ether oxygens (including phenoxy) is 5. The van der Waals surface area contributed by atoms with Crippen molar-refractivity contribution < 1.29 is 108 Å². The summed E-state index contributed by atoms with van der Waals surface area (Å²) in [5, 5.41) is 32.9. The van der Waals surface area contributed by atoms with Crippen molar-refractivity contribution in [1.29, 1.82) is 0 Å². The monoisotopic (exact) mass is 1160 g/mol. The first-order valence-electron chi connectivity index (χ1n) is 21.8. The molecule has 0 aromatic carbocycles. The fourth-order valence-corrected chi connectivity index (χ4v) is 13.1. The number of aromatic nitrogens is 12. The van der Waals surface area contributed by atoms with Gasteiger partial charge in [0.1, 0.15) is 72.6 Å². The summed E-state index contributed by atoms with van der Waals surface area (Å²) in [6.45, 7) is -1.72. The Labute approximate surface area is 422 Å². The van der Waals surface area contributed by atoms with Gasteiger partial charge in [-0.1, -0.05) is 4.98 Å². The summed E-state index contributed by atoms with van der Waals surface area (Å²) in [5.74, 6) is -0.164. The van der Waals surface area contributed by atoms with Crippen LogP contribution >= 0.6 is 31.3 Å². The topological polar surface area (TPSA) is 525 Å². The number of aliphatic hydroxyl groups excluding tert-OH is 3. The van der Waals surface area contributed by atoms with Crippen molar-refractivity contribution in [3.8, 4) is 0 Å². The summed E-state index contributed by atoms with van der Waals surface area (Å²) >= 11 is 0. The quantitative estimate of drug-likeness (QED) is 0.0263. The van der Waals surface area contributed by atoms with Gasteiger partial charge in [0.25, 0.3) is 17.1 Å². The summed E-state index contributed by atoms with van der Waals surface area (Å²) in [4.78, 5) is 96.7. The van der Waals surface area contributed by atoms with Gasteiger partial charge in [-0.05, 0) is 6.92 Å². The van der Waals surface area contributed by atoms with E-state index in [1.165, 1.54) is 34.0 Å². The zero-order valence-electron chi connectivity index (χ0n) is 39.3. The van der Waals surface area contributed by atoms with E-state index in [-0.39, 0.29) is 51.1 Å². The first-order valence-corrected chi connectivity index (χ1v) is 27.7. The molecule has 0 radical (unpaired) electrons. The van der Waals surface area contributed by atoms with Crippen molar-refractivity contribution in [3.05, 3.63) is 51.8 Å². The van der Waals surface area contributed by atoms with Crippen LogP contribution in [0.4, 0.5) is 11.8 Å². The Morgan fingerprint density at radius 3 is 1.93 bits per heavy atom. The molecule has 16 unspecified atom stereocenters. The molecule has 9 heterocycles. The van der Waals surface area contributed by atoms with Gasteiger partial charge in [0.05, 0.1) is 39.5 Å². The number of hydrogen-bond acceptors (Lipinski definition) is 28. The lowest BCUT2D eigenvalue weighted by Gasteiger charge is -2.26. The van der Waals surface area contributed by atoms with E-state index in [0.717, 1.165) is 37.8 Å². The minimum absolute atomic E-state index is 0.0206. The zero-order valence-corrected chi connectivity index (χ0v) is 42.9. The fourth-order valence-electron chi connectivity index (χ4n) is 8.66. The van der Waals surface area contributed by atoms with Gasteiger partial charge in [-0.15, -0.1) is 0 Å². The van der Waals surface area contributed by atoms with Gasteiger partial charge >= 0.3 is 36.9 Å². The summed E-state index contributed by atoms with van der Waals surface area (Å²) in [6.07, 6.45) is -14.2. The molecule has 416 valence electrons. The highest BCUT2D eigenvalue weighted by molar-refractivity contribution is 7.66. The fraction of sp³-hybridized carbons (Fsp3) is 0.559. The van der Waals surface area contributed by atoms with Crippen LogP contribution in [0.5, 0.6) is 0 Å². The second-order valence-electron chi connectivity index (χ2n) is 16.9. The molecule has 3 fully saturated rings. The summed E-state index contributed by atoms with van der Waals surface area (Å²) in [7, 11) is -19.6. The number of phosphoric ester groups is 3. The Kier molecular flexibility index (Phi) is 15.4. The number of rotatable bonds is 20. The van der Waals surface area contributed by atoms with Crippen LogP contribution in [0.25, 0.3) is 33.5 Å². The molecule has 38 nitrogen and oxygen atoms in total. The van der Waals surface area contributed by atoms with E-state index in [4.69, 9.17) is 53.2 Å². The molecule has 3 saturated heterocycles. The Balaban J connectivity index is 0.866. The number of nitrogens with zero attached hydrogens (tertiary/aromatic N) is 10. The maximum atomic E-state index is 13.7. The molecule has 9 rings (SSSR count). The van der Waals surface area contributed by atoms with Crippen molar-refractivity contribution in [2.24, 2.45) is 7.05 Å². The van der Waals surface area contributed by atoms with Gasteiger partial charge in [-0.25, -0.2) is 47.7 Å². The average Bonchev–Trinajstić information content (AvgIpc) is 4.18. The average molecular weight is 1160 g/mol. The van der Waals surface area contributed by atoms with Crippen molar-refractivity contribution in [3.63, 3.8) is 0 Å². The van der Waals surface area contributed by atoms with E-state index in [1.54, 1.807) is 0 Å². The molecule has 0 amide bonds. The highest BCUT2D eigenvalue weighted by Crippen LogP contribution is 2.68. The van der Waals surface area contributed by atoms with Crippen LogP contribution in [-0.2, 0) is 75.7 Å². The van der Waals surface area contributed by atoms with Gasteiger partial charge in [0.15, 0.2) is 41.4 Å². The molecule has 6 aromatic rings. The van der Waals surface area contributed by atoms with Crippen LogP contribution in [0.3, 0.4) is 0 Å². The van der Waals surface area contributed by atoms with Gasteiger partial charge in [-0.2, -0.15) is 8.62 Å². The molecule has 76 heavy (non-hydrogen) atoms. The number of nitrogens with one attached hydrogen (secondary N) is 2. The smallest absolute Gasteiger partial charge is 0.387 e.